The average molecular weight is 384 g/mol. The minimum Gasteiger partial charge on any atom is -0.429 e. The van der Waals surface area contributed by atoms with Gasteiger partial charge in [0.2, 0.25) is 5.75 Å². The molecule has 0 aliphatic rings. The monoisotopic (exact) mass is 384 g/mol. The number of nitro groups is 2. The van der Waals surface area contributed by atoms with Crippen molar-refractivity contribution in [2.45, 2.75) is 0 Å². The Hall–Kier alpha value is -3.51. The summed E-state index contributed by atoms with van der Waals surface area (Å²) in [5.74, 6) is -0.426. The van der Waals surface area contributed by atoms with E-state index in [1.807, 2.05) is 0 Å². The molecule has 0 radical (unpaired) electrons. The second-order valence-corrected chi connectivity index (χ2v) is 7.80. The van der Waals surface area contributed by atoms with Gasteiger partial charge in [0.25, 0.3) is 5.69 Å². The predicted octanol–water partition coefficient (Wildman–Crippen LogP) is 3.81. The minimum atomic E-state index is -3.79. The predicted molar refractivity (Wildman–Crippen MR) is 100 cm³/mol. The summed E-state index contributed by atoms with van der Waals surface area (Å²) in [6.45, 7) is 0. The van der Waals surface area contributed by atoms with Crippen LogP contribution < -0.4 is 15.1 Å². The molecule has 0 aliphatic carbocycles. The summed E-state index contributed by atoms with van der Waals surface area (Å²) in [5, 5.41) is 23.0. The summed E-state index contributed by atoms with van der Waals surface area (Å²) in [4.78, 5) is 20.9. The Morgan fingerprint density at radius 3 is 1.70 bits per heavy atom. The Morgan fingerprint density at radius 2 is 1.26 bits per heavy atom. The molecule has 0 bridgehead atoms. The van der Waals surface area contributed by atoms with E-state index in [1.54, 1.807) is 60.7 Å². The topological polar surface area (TPSA) is 113 Å². The fourth-order valence-corrected chi connectivity index (χ4v) is 4.54. The van der Waals surface area contributed by atoms with Gasteiger partial charge in [-0.15, -0.1) is 0 Å². The van der Waals surface area contributed by atoms with E-state index in [2.05, 4.69) is 0 Å². The van der Waals surface area contributed by atoms with Crippen LogP contribution in [0.4, 0.5) is 11.4 Å². The van der Waals surface area contributed by atoms with Crippen LogP contribution in [0, 0.1) is 20.2 Å². The molecule has 0 spiro atoms. The van der Waals surface area contributed by atoms with Gasteiger partial charge in [-0.05, 0) is 24.3 Å². The lowest BCUT2D eigenvalue weighted by molar-refractivity contribution is -0.389. The van der Waals surface area contributed by atoms with Crippen LogP contribution in [0.15, 0.2) is 78.9 Å². The van der Waals surface area contributed by atoms with Gasteiger partial charge in [0.15, 0.2) is 0 Å². The SMILES string of the molecule is O=[N+]([O-])c1ccc([N+](=O)[O-])c(OP(=O)(c2ccccc2)c2ccccc2)c1. The van der Waals surface area contributed by atoms with Crippen molar-refractivity contribution in [3.63, 3.8) is 0 Å². The van der Waals surface area contributed by atoms with Gasteiger partial charge in [-0.3, -0.25) is 24.8 Å². The molecule has 0 N–H and O–H groups in total. The minimum absolute atomic E-state index is 0.317. The molecule has 0 saturated heterocycles. The van der Waals surface area contributed by atoms with Crippen molar-refractivity contribution < 1.29 is 18.9 Å². The number of non-ortho nitro benzene ring substituents is 1. The number of nitro benzene ring substituents is 2. The summed E-state index contributed by atoms with van der Waals surface area (Å²) in [7, 11) is -3.79. The summed E-state index contributed by atoms with van der Waals surface area (Å²) >= 11 is 0. The van der Waals surface area contributed by atoms with Gasteiger partial charge in [-0.2, -0.15) is 0 Å². The van der Waals surface area contributed by atoms with Gasteiger partial charge in [0.1, 0.15) is 0 Å². The van der Waals surface area contributed by atoms with Crippen LogP contribution >= 0.6 is 7.37 Å². The molecule has 0 atom stereocenters. The van der Waals surface area contributed by atoms with Crippen molar-refractivity contribution in [2.24, 2.45) is 0 Å². The molecule has 0 unspecified atom stereocenters. The Morgan fingerprint density at radius 1 is 0.741 bits per heavy atom. The van der Waals surface area contributed by atoms with Crippen molar-refractivity contribution in [3.05, 3.63) is 99.1 Å². The van der Waals surface area contributed by atoms with Crippen LogP contribution in [0.2, 0.25) is 0 Å². The van der Waals surface area contributed by atoms with Crippen LogP contribution in [0.25, 0.3) is 0 Å². The maximum absolute atomic E-state index is 13.8. The first kappa shape index (κ1) is 18.3. The lowest BCUT2D eigenvalue weighted by Crippen LogP contribution is -2.20. The van der Waals surface area contributed by atoms with E-state index in [-0.39, 0.29) is 0 Å². The van der Waals surface area contributed by atoms with E-state index in [9.17, 15) is 24.8 Å². The molecule has 3 aromatic rings. The van der Waals surface area contributed by atoms with Crippen LogP contribution in [-0.2, 0) is 4.57 Å². The van der Waals surface area contributed by atoms with Crippen LogP contribution in [0.3, 0.4) is 0 Å². The molecular formula is C18H13N2O6P. The van der Waals surface area contributed by atoms with Crippen molar-refractivity contribution >= 4 is 29.4 Å². The zero-order valence-corrected chi connectivity index (χ0v) is 14.7. The maximum Gasteiger partial charge on any atom is 0.311 e. The summed E-state index contributed by atoms with van der Waals surface area (Å²) in [6, 6.07) is 19.3. The van der Waals surface area contributed by atoms with E-state index in [1.165, 1.54) is 0 Å². The Balaban J connectivity index is 2.19. The van der Waals surface area contributed by atoms with Gasteiger partial charge in [0.05, 0.1) is 26.5 Å². The smallest absolute Gasteiger partial charge is 0.311 e. The molecule has 0 heterocycles. The molecular weight excluding hydrogens is 371 g/mol. The zero-order valence-electron chi connectivity index (χ0n) is 13.8. The molecule has 0 aromatic heterocycles. The second kappa shape index (κ2) is 7.39. The molecule has 0 fully saturated rings. The molecule has 0 aliphatic heterocycles. The molecule has 9 heteroatoms. The Kier molecular flexibility index (Phi) is 5.00. The molecule has 136 valence electrons. The summed E-state index contributed by atoms with van der Waals surface area (Å²) < 4.78 is 19.5. The Bertz CT molecular complexity index is 997. The first-order chi connectivity index (χ1) is 12.9. The first-order valence-electron chi connectivity index (χ1n) is 7.75. The quantitative estimate of drug-likeness (QED) is 0.363. The third-order valence-electron chi connectivity index (χ3n) is 3.77. The average Bonchev–Trinajstić information content (AvgIpc) is 2.69. The highest BCUT2D eigenvalue weighted by Crippen LogP contribution is 2.48. The summed E-state index contributed by atoms with van der Waals surface area (Å²) in [6.07, 6.45) is 0. The molecule has 3 aromatic carbocycles. The van der Waals surface area contributed by atoms with E-state index < -0.39 is 34.3 Å². The van der Waals surface area contributed by atoms with Gasteiger partial charge in [0, 0.05) is 12.1 Å². The van der Waals surface area contributed by atoms with E-state index in [4.69, 9.17) is 4.52 Å². The van der Waals surface area contributed by atoms with Gasteiger partial charge in [-0.25, -0.2) is 0 Å². The van der Waals surface area contributed by atoms with Crippen LogP contribution in [0.1, 0.15) is 0 Å². The van der Waals surface area contributed by atoms with Gasteiger partial charge >= 0.3 is 13.1 Å². The number of rotatable bonds is 6. The molecule has 0 saturated carbocycles. The van der Waals surface area contributed by atoms with Gasteiger partial charge in [-0.1, -0.05) is 36.4 Å². The van der Waals surface area contributed by atoms with Crippen molar-refractivity contribution in [3.8, 4) is 5.75 Å². The summed E-state index contributed by atoms with van der Waals surface area (Å²) in [5.41, 5.74) is -0.907. The highest BCUT2D eigenvalue weighted by molar-refractivity contribution is 7.74. The third-order valence-corrected chi connectivity index (χ3v) is 6.18. The van der Waals surface area contributed by atoms with Crippen LogP contribution in [0.5, 0.6) is 5.75 Å². The standard InChI is InChI=1S/C18H13N2O6P/c21-19(22)14-11-12-17(20(23)24)18(13-14)26-27(25,15-7-3-1-4-8-15)16-9-5-2-6-10-16/h1-13H. The number of hydrogen-bond donors (Lipinski definition) is 0. The first-order valence-corrected chi connectivity index (χ1v) is 9.38. The molecule has 3 rings (SSSR count). The lowest BCUT2D eigenvalue weighted by atomic mass is 10.2. The van der Waals surface area contributed by atoms with E-state index >= 15 is 0 Å². The highest BCUT2D eigenvalue weighted by atomic mass is 31.2. The van der Waals surface area contributed by atoms with E-state index in [0.717, 1.165) is 18.2 Å². The molecule has 0 amide bonds. The number of benzene rings is 3. The van der Waals surface area contributed by atoms with Crippen molar-refractivity contribution in [1.82, 2.24) is 0 Å². The van der Waals surface area contributed by atoms with Crippen molar-refractivity contribution in [1.29, 1.82) is 0 Å². The van der Waals surface area contributed by atoms with Crippen molar-refractivity contribution in [2.75, 3.05) is 0 Å². The number of nitrogens with zero attached hydrogens (tertiary/aromatic N) is 2. The second-order valence-electron chi connectivity index (χ2n) is 5.48. The normalized spacial score (nSPS) is 11.0. The fraction of sp³-hybridized carbons (Fsp3) is 0. The van der Waals surface area contributed by atoms with E-state index in [0.29, 0.717) is 10.6 Å². The van der Waals surface area contributed by atoms with Crippen LogP contribution in [-0.4, -0.2) is 9.85 Å². The maximum atomic E-state index is 13.8. The molecule has 27 heavy (non-hydrogen) atoms. The third kappa shape index (κ3) is 3.70. The zero-order chi connectivity index (χ0) is 19.4. The lowest BCUT2D eigenvalue weighted by Gasteiger charge is -2.20. The largest absolute Gasteiger partial charge is 0.429 e. The highest BCUT2D eigenvalue weighted by Gasteiger charge is 2.33. The number of hydrogen-bond acceptors (Lipinski definition) is 6. The molecule has 8 nitrogen and oxygen atoms in total. The Labute approximate surface area is 153 Å². The van der Waals surface area contributed by atoms with Gasteiger partial charge < -0.3 is 4.52 Å². The fourth-order valence-electron chi connectivity index (χ4n) is 2.48.